The lowest BCUT2D eigenvalue weighted by Crippen LogP contribution is -2.39. The van der Waals surface area contributed by atoms with E-state index in [-0.39, 0.29) is 11.1 Å². The fourth-order valence-corrected chi connectivity index (χ4v) is 3.41. The van der Waals surface area contributed by atoms with Crippen molar-refractivity contribution < 1.29 is 0 Å². The van der Waals surface area contributed by atoms with E-state index in [0.29, 0.717) is 24.0 Å². The molecule has 1 aliphatic heterocycles. The molecule has 1 fully saturated rings. The standard InChI is InChI=1S/C19H20N6O2/c26-17-10-16(15-2-1-5-20-11-15)23-13-25(17)12-14-3-8-24(9-4-14)18-19(27)22-7-6-21-18/h1-2,5-7,10-11,13-14H,3-4,8-9,12H2,(H,22,27). The number of pyridine rings is 1. The Kier molecular flexibility index (Phi) is 4.78. The third-order valence-corrected chi connectivity index (χ3v) is 4.89. The van der Waals surface area contributed by atoms with Gasteiger partial charge in [0.2, 0.25) is 0 Å². The average molecular weight is 364 g/mol. The van der Waals surface area contributed by atoms with Gasteiger partial charge >= 0.3 is 0 Å². The zero-order valence-corrected chi connectivity index (χ0v) is 14.8. The van der Waals surface area contributed by atoms with E-state index in [1.165, 1.54) is 6.20 Å². The molecule has 0 amide bonds. The molecular formula is C19H20N6O2. The Labute approximate surface area is 155 Å². The van der Waals surface area contributed by atoms with Crippen LogP contribution in [-0.4, -0.2) is 37.6 Å². The lowest BCUT2D eigenvalue weighted by Gasteiger charge is -2.32. The topological polar surface area (TPSA) is 96.8 Å². The van der Waals surface area contributed by atoms with E-state index in [2.05, 4.69) is 19.9 Å². The van der Waals surface area contributed by atoms with Gasteiger partial charge in [-0.1, -0.05) is 0 Å². The number of aromatic amines is 1. The third kappa shape index (κ3) is 3.79. The molecule has 1 N–H and O–H groups in total. The first-order valence-corrected chi connectivity index (χ1v) is 8.96. The Bertz CT molecular complexity index is 1020. The van der Waals surface area contributed by atoms with Crippen LogP contribution >= 0.6 is 0 Å². The summed E-state index contributed by atoms with van der Waals surface area (Å²) in [7, 11) is 0. The summed E-state index contributed by atoms with van der Waals surface area (Å²) in [5.74, 6) is 0.836. The minimum absolute atomic E-state index is 0.0625. The normalized spacial score (nSPS) is 15.0. The fraction of sp³-hybridized carbons (Fsp3) is 0.316. The molecule has 8 nitrogen and oxygen atoms in total. The van der Waals surface area contributed by atoms with Crippen molar-refractivity contribution >= 4 is 5.82 Å². The highest BCUT2D eigenvalue weighted by atomic mass is 16.1. The zero-order valence-electron chi connectivity index (χ0n) is 14.8. The van der Waals surface area contributed by atoms with Crippen molar-refractivity contribution in [2.45, 2.75) is 19.4 Å². The van der Waals surface area contributed by atoms with Crippen LogP contribution in [0.5, 0.6) is 0 Å². The van der Waals surface area contributed by atoms with Crippen LogP contribution in [0.4, 0.5) is 5.82 Å². The van der Waals surface area contributed by atoms with Crippen molar-refractivity contribution in [2.75, 3.05) is 18.0 Å². The molecule has 1 aliphatic rings. The maximum Gasteiger partial charge on any atom is 0.290 e. The Morgan fingerprint density at radius 1 is 1.15 bits per heavy atom. The second-order valence-electron chi connectivity index (χ2n) is 6.68. The molecule has 0 radical (unpaired) electrons. The van der Waals surface area contributed by atoms with E-state index in [1.807, 2.05) is 17.0 Å². The van der Waals surface area contributed by atoms with Gasteiger partial charge in [0.25, 0.3) is 11.1 Å². The van der Waals surface area contributed by atoms with E-state index in [0.717, 1.165) is 31.5 Å². The van der Waals surface area contributed by atoms with Crippen LogP contribution in [0.2, 0.25) is 0 Å². The van der Waals surface area contributed by atoms with Crippen molar-refractivity contribution in [3.63, 3.8) is 0 Å². The number of piperidine rings is 1. The first-order valence-electron chi connectivity index (χ1n) is 8.96. The molecule has 1 saturated heterocycles. The third-order valence-electron chi connectivity index (χ3n) is 4.89. The van der Waals surface area contributed by atoms with Gasteiger partial charge in [0, 0.05) is 56.1 Å². The van der Waals surface area contributed by atoms with Crippen molar-refractivity contribution in [3.05, 3.63) is 70.0 Å². The Morgan fingerprint density at radius 2 is 2.00 bits per heavy atom. The van der Waals surface area contributed by atoms with Crippen LogP contribution in [0.1, 0.15) is 12.8 Å². The van der Waals surface area contributed by atoms with Crippen molar-refractivity contribution in [2.24, 2.45) is 5.92 Å². The molecule has 0 bridgehead atoms. The summed E-state index contributed by atoms with van der Waals surface area (Å²) >= 11 is 0. The molecule has 0 atom stereocenters. The first-order chi connectivity index (χ1) is 13.2. The highest BCUT2D eigenvalue weighted by Gasteiger charge is 2.22. The Balaban J connectivity index is 1.41. The second kappa shape index (κ2) is 7.53. The van der Waals surface area contributed by atoms with Crippen LogP contribution in [0.3, 0.4) is 0 Å². The van der Waals surface area contributed by atoms with Gasteiger partial charge in [-0.15, -0.1) is 0 Å². The minimum Gasteiger partial charge on any atom is -0.352 e. The second-order valence-corrected chi connectivity index (χ2v) is 6.68. The van der Waals surface area contributed by atoms with E-state index >= 15 is 0 Å². The lowest BCUT2D eigenvalue weighted by atomic mass is 9.96. The van der Waals surface area contributed by atoms with Crippen molar-refractivity contribution in [1.82, 2.24) is 24.5 Å². The summed E-state index contributed by atoms with van der Waals surface area (Å²) in [5, 5.41) is 0. The molecule has 0 aliphatic carbocycles. The first kappa shape index (κ1) is 17.1. The van der Waals surface area contributed by atoms with Crippen LogP contribution in [0, 0.1) is 5.92 Å². The van der Waals surface area contributed by atoms with E-state index in [4.69, 9.17) is 0 Å². The quantitative estimate of drug-likeness (QED) is 0.750. The van der Waals surface area contributed by atoms with Gasteiger partial charge in [-0.25, -0.2) is 9.97 Å². The molecule has 4 heterocycles. The minimum atomic E-state index is -0.164. The number of nitrogens with one attached hydrogen (secondary N) is 1. The van der Waals surface area contributed by atoms with Crippen LogP contribution in [-0.2, 0) is 6.54 Å². The maximum atomic E-state index is 12.5. The van der Waals surface area contributed by atoms with Gasteiger partial charge in [0.15, 0.2) is 5.82 Å². The number of hydrogen-bond acceptors (Lipinski definition) is 6. The van der Waals surface area contributed by atoms with Crippen LogP contribution in [0.15, 0.2) is 58.9 Å². The predicted octanol–water partition coefficient (Wildman–Crippen LogP) is 1.31. The number of nitrogens with zero attached hydrogens (tertiary/aromatic N) is 5. The predicted molar refractivity (Wildman–Crippen MR) is 102 cm³/mol. The molecule has 138 valence electrons. The summed E-state index contributed by atoms with van der Waals surface area (Å²) in [6.07, 6.45) is 9.92. The number of rotatable bonds is 4. The smallest absolute Gasteiger partial charge is 0.290 e. The molecule has 3 aromatic heterocycles. The molecule has 0 unspecified atom stereocenters. The zero-order chi connectivity index (χ0) is 18.6. The maximum absolute atomic E-state index is 12.5. The summed E-state index contributed by atoms with van der Waals surface area (Å²) in [6, 6.07) is 5.26. The molecule has 0 spiro atoms. The number of anilines is 1. The SMILES string of the molecule is O=c1[nH]ccnc1N1CCC(Cn2cnc(-c3cccnc3)cc2=O)CC1. The van der Waals surface area contributed by atoms with E-state index in [1.54, 1.807) is 35.6 Å². The van der Waals surface area contributed by atoms with Crippen molar-refractivity contribution in [3.8, 4) is 11.3 Å². The lowest BCUT2D eigenvalue weighted by molar-refractivity contribution is 0.350. The summed E-state index contributed by atoms with van der Waals surface area (Å²) < 4.78 is 1.66. The van der Waals surface area contributed by atoms with Crippen LogP contribution in [0.25, 0.3) is 11.3 Å². The highest BCUT2D eigenvalue weighted by Crippen LogP contribution is 2.21. The summed E-state index contributed by atoms with van der Waals surface area (Å²) in [4.78, 5) is 41.6. The van der Waals surface area contributed by atoms with Crippen LogP contribution < -0.4 is 16.0 Å². The molecule has 27 heavy (non-hydrogen) atoms. The monoisotopic (exact) mass is 364 g/mol. The van der Waals surface area contributed by atoms with E-state index < -0.39 is 0 Å². The number of hydrogen-bond donors (Lipinski definition) is 1. The van der Waals surface area contributed by atoms with Gasteiger partial charge < -0.3 is 9.88 Å². The summed E-state index contributed by atoms with van der Waals surface area (Å²) in [5.41, 5.74) is 1.24. The molecule has 3 aromatic rings. The Hall–Kier alpha value is -3.29. The number of aromatic nitrogens is 5. The molecule has 0 aromatic carbocycles. The van der Waals surface area contributed by atoms with Gasteiger partial charge in [-0.2, -0.15) is 0 Å². The largest absolute Gasteiger partial charge is 0.352 e. The van der Waals surface area contributed by atoms with Crippen molar-refractivity contribution in [1.29, 1.82) is 0 Å². The molecule has 4 rings (SSSR count). The highest BCUT2D eigenvalue weighted by molar-refractivity contribution is 5.56. The van der Waals surface area contributed by atoms with Gasteiger partial charge in [-0.05, 0) is 30.9 Å². The molecular weight excluding hydrogens is 344 g/mol. The van der Waals surface area contributed by atoms with E-state index in [9.17, 15) is 9.59 Å². The van der Waals surface area contributed by atoms with Gasteiger partial charge in [0.1, 0.15) is 0 Å². The van der Waals surface area contributed by atoms with Gasteiger partial charge in [-0.3, -0.25) is 19.1 Å². The van der Waals surface area contributed by atoms with Gasteiger partial charge in [0.05, 0.1) is 12.0 Å². The Morgan fingerprint density at radius 3 is 2.70 bits per heavy atom. The number of H-pyrrole nitrogens is 1. The molecule has 8 heteroatoms. The molecule has 0 saturated carbocycles. The average Bonchev–Trinajstić information content (AvgIpc) is 2.71. The fourth-order valence-electron chi connectivity index (χ4n) is 3.41. The summed E-state index contributed by atoms with van der Waals surface area (Å²) in [6.45, 7) is 2.13.